The van der Waals surface area contributed by atoms with Gasteiger partial charge in [0.05, 0.1) is 11.6 Å². The zero-order valence-electron chi connectivity index (χ0n) is 15.6. The quantitative estimate of drug-likeness (QED) is 0.323. The van der Waals surface area contributed by atoms with Gasteiger partial charge < -0.3 is 14.6 Å². The van der Waals surface area contributed by atoms with Crippen LogP contribution in [0.3, 0.4) is 0 Å². The number of rotatable bonds is 7. The molecule has 0 amide bonds. The molecule has 0 fully saturated rings. The predicted molar refractivity (Wildman–Crippen MR) is 118 cm³/mol. The first-order valence-electron chi connectivity index (χ1n) is 8.72. The molecule has 1 N–H and O–H groups in total. The Morgan fingerprint density at radius 2 is 1.79 bits per heavy atom. The molecule has 0 saturated heterocycles. The molecule has 0 saturated carbocycles. The fourth-order valence-electron chi connectivity index (χ4n) is 2.66. The second-order valence-corrected chi connectivity index (χ2v) is 7.47. The van der Waals surface area contributed by atoms with Crippen molar-refractivity contribution in [3.8, 4) is 17.2 Å². The number of aromatic hydroxyl groups is 1. The molecule has 29 heavy (non-hydrogen) atoms. The average Bonchev–Trinajstić information content (AvgIpc) is 2.72. The number of benzene rings is 3. The average molecular weight is 474 g/mol. The maximum Gasteiger partial charge on any atom is 0.185 e. The molecule has 0 spiro atoms. The minimum Gasteiger partial charge on any atom is -0.508 e. The Hall–Kier alpha value is -2.76. The number of ether oxygens (including phenoxy) is 2. The SMILES string of the molecule is COc1ccc(/C=C/C(=O)c2ccc(O)cc2)cc1COc1ccc(Cl)cc1Br. The highest BCUT2D eigenvalue weighted by molar-refractivity contribution is 9.10. The summed E-state index contributed by atoms with van der Waals surface area (Å²) in [6.07, 6.45) is 3.23. The van der Waals surface area contributed by atoms with Gasteiger partial charge in [-0.3, -0.25) is 4.79 Å². The largest absolute Gasteiger partial charge is 0.508 e. The summed E-state index contributed by atoms with van der Waals surface area (Å²) in [5, 5.41) is 9.95. The molecular weight excluding hydrogens is 456 g/mol. The summed E-state index contributed by atoms with van der Waals surface area (Å²) in [6, 6.07) is 17.1. The molecule has 3 aromatic carbocycles. The molecule has 3 aromatic rings. The van der Waals surface area contributed by atoms with Crippen LogP contribution in [0.1, 0.15) is 21.5 Å². The number of hydrogen-bond acceptors (Lipinski definition) is 4. The van der Waals surface area contributed by atoms with E-state index in [0.717, 1.165) is 15.6 Å². The molecule has 148 valence electrons. The van der Waals surface area contributed by atoms with Gasteiger partial charge in [-0.2, -0.15) is 0 Å². The monoisotopic (exact) mass is 472 g/mol. The lowest BCUT2D eigenvalue weighted by Gasteiger charge is -2.12. The van der Waals surface area contributed by atoms with Crippen LogP contribution in [0.5, 0.6) is 17.2 Å². The molecule has 4 nitrogen and oxygen atoms in total. The molecule has 0 atom stereocenters. The molecule has 0 aliphatic carbocycles. The van der Waals surface area contributed by atoms with Crippen LogP contribution in [-0.2, 0) is 6.61 Å². The Balaban J connectivity index is 1.75. The molecule has 0 heterocycles. The van der Waals surface area contributed by atoms with Gasteiger partial charge in [-0.1, -0.05) is 23.7 Å². The fourth-order valence-corrected chi connectivity index (χ4v) is 3.45. The first-order valence-corrected chi connectivity index (χ1v) is 9.89. The van der Waals surface area contributed by atoms with E-state index in [1.54, 1.807) is 43.5 Å². The van der Waals surface area contributed by atoms with Gasteiger partial charge in [-0.15, -0.1) is 0 Å². The van der Waals surface area contributed by atoms with Gasteiger partial charge in [0.2, 0.25) is 0 Å². The summed E-state index contributed by atoms with van der Waals surface area (Å²) in [6.45, 7) is 0.289. The van der Waals surface area contributed by atoms with Crippen molar-refractivity contribution < 1.29 is 19.4 Å². The number of hydrogen-bond donors (Lipinski definition) is 1. The predicted octanol–water partition coefficient (Wildman–Crippen LogP) is 6.29. The fraction of sp³-hybridized carbons (Fsp3) is 0.0870. The van der Waals surface area contributed by atoms with Crippen LogP contribution in [0.4, 0.5) is 0 Å². The summed E-state index contributed by atoms with van der Waals surface area (Å²) in [5.74, 6) is 1.33. The zero-order chi connectivity index (χ0) is 20.8. The van der Waals surface area contributed by atoms with Crippen LogP contribution in [0.25, 0.3) is 6.08 Å². The first kappa shape index (κ1) is 21.0. The van der Waals surface area contributed by atoms with Crippen LogP contribution in [0.15, 0.2) is 71.2 Å². The van der Waals surface area contributed by atoms with E-state index in [0.29, 0.717) is 22.1 Å². The first-order chi connectivity index (χ1) is 14.0. The minimum atomic E-state index is -0.149. The Morgan fingerprint density at radius 3 is 2.48 bits per heavy atom. The van der Waals surface area contributed by atoms with Gasteiger partial charge in [0, 0.05) is 16.1 Å². The molecule has 0 aromatic heterocycles. The third kappa shape index (κ3) is 5.62. The van der Waals surface area contributed by atoms with Crippen LogP contribution >= 0.6 is 27.5 Å². The molecule has 0 aliphatic heterocycles. The maximum atomic E-state index is 12.3. The summed E-state index contributed by atoms with van der Waals surface area (Å²) < 4.78 is 12.1. The number of allylic oxidation sites excluding steroid dienone is 1. The number of halogens is 2. The number of carbonyl (C=O) groups excluding carboxylic acids is 1. The highest BCUT2D eigenvalue weighted by Gasteiger charge is 2.08. The summed E-state index contributed by atoms with van der Waals surface area (Å²) in [7, 11) is 1.60. The summed E-state index contributed by atoms with van der Waals surface area (Å²) >= 11 is 9.39. The third-order valence-corrected chi connectivity index (χ3v) is 5.02. The second-order valence-electron chi connectivity index (χ2n) is 6.18. The van der Waals surface area contributed by atoms with E-state index in [9.17, 15) is 9.90 Å². The summed E-state index contributed by atoms with van der Waals surface area (Å²) in [5.41, 5.74) is 2.18. The lowest BCUT2D eigenvalue weighted by atomic mass is 10.1. The van der Waals surface area contributed by atoms with E-state index in [-0.39, 0.29) is 18.1 Å². The smallest absolute Gasteiger partial charge is 0.185 e. The molecule has 6 heteroatoms. The lowest BCUT2D eigenvalue weighted by Crippen LogP contribution is -2.00. The van der Waals surface area contributed by atoms with E-state index < -0.39 is 0 Å². The van der Waals surface area contributed by atoms with Gasteiger partial charge in [0.25, 0.3) is 0 Å². The molecule has 0 aliphatic rings. The second kappa shape index (κ2) is 9.63. The van der Waals surface area contributed by atoms with E-state index in [1.165, 1.54) is 18.2 Å². The van der Waals surface area contributed by atoms with E-state index in [2.05, 4.69) is 15.9 Å². The van der Waals surface area contributed by atoms with Crippen molar-refractivity contribution in [3.63, 3.8) is 0 Å². The van der Waals surface area contributed by atoms with Crippen molar-refractivity contribution in [1.29, 1.82) is 0 Å². The van der Waals surface area contributed by atoms with Gasteiger partial charge in [-0.25, -0.2) is 0 Å². The zero-order valence-corrected chi connectivity index (χ0v) is 17.9. The minimum absolute atomic E-state index is 0.123. The molecule has 0 bridgehead atoms. The normalized spacial score (nSPS) is 10.9. The van der Waals surface area contributed by atoms with Crippen LogP contribution < -0.4 is 9.47 Å². The highest BCUT2D eigenvalue weighted by Crippen LogP contribution is 2.30. The number of phenols is 1. The molecule has 0 unspecified atom stereocenters. The van der Waals surface area contributed by atoms with Crippen molar-refractivity contribution in [2.75, 3.05) is 7.11 Å². The topological polar surface area (TPSA) is 55.8 Å². The summed E-state index contributed by atoms with van der Waals surface area (Å²) in [4.78, 5) is 12.3. The van der Waals surface area contributed by atoms with Crippen LogP contribution in [0, 0.1) is 0 Å². The van der Waals surface area contributed by atoms with Crippen molar-refractivity contribution in [2.24, 2.45) is 0 Å². The molecule has 3 rings (SSSR count). The van der Waals surface area contributed by atoms with Crippen LogP contribution in [-0.4, -0.2) is 18.0 Å². The number of methoxy groups -OCH3 is 1. The molecular formula is C23H18BrClO4. The van der Waals surface area contributed by atoms with Gasteiger partial charge in [0.1, 0.15) is 23.9 Å². The Labute approximate surface area is 182 Å². The standard InChI is InChI=1S/C23H18BrClO4/c1-28-22-10-3-15(2-9-21(27)16-4-7-19(26)8-5-16)12-17(22)14-29-23-11-6-18(25)13-20(23)24/h2-13,26H,14H2,1H3/b9-2+. The lowest BCUT2D eigenvalue weighted by molar-refractivity contribution is 0.104. The van der Waals surface area contributed by atoms with E-state index in [1.807, 2.05) is 18.2 Å². The van der Waals surface area contributed by atoms with E-state index in [4.69, 9.17) is 21.1 Å². The van der Waals surface area contributed by atoms with Crippen molar-refractivity contribution in [1.82, 2.24) is 0 Å². The van der Waals surface area contributed by atoms with Crippen LogP contribution in [0.2, 0.25) is 5.02 Å². The number of phenolic OH excluding ortho intramolecular Hbond substituents is 1. The third-order valence-electron chi connectivity index (χ3n) is 4.16. The van der Waals surface area contributed by atoms with Crippen molar-refractivity contribution in [2.45, 2.75) is 6.61 Å². The van der Waals surface area contributed by atoms with Crippen molar-refractivity contribution in [3.05, 3.63) is 92.9 Å². The maximum absolute atomic E-state index is 12.3. The Kier molecular flexibility index (Phi) is 6.96. The van der Waals surface area contributed by atoms with Gasteiger partial charge in [0.15, 0.2) is 5.78 Å². The molecule has 0 radical (unpaired) electrons. The van der Waals surface area contributed by atoms with Crippen molar-refractivity contribution >= 4 is 39.4 Å². The van der Waals surface area contributed by atoms with Gasteiger partial charge >= 0.3 is 0 Å². The number of carbonyl (C=O) groups is 1. The Morgan fingerprint density at radius 1 is 1.07 bits per heavy atom. The Bertz CT molecular complexity index is 1050. The van der Waals surface area contributed by atoms with Gasteiger partial charge in [-0.05, 0) is 82.2 Å². The van der Waals surface area contributed by atoms with E-state index >= 15 is 0 Å². The highest BCUT2D eigenvalue weighted by atomic mass is 79.9. The number of ketones is 1.